The van der Waals surface area contributed by atoms with Gasteiger partial charge in [0.1, 0.15) is 30.5 Å². The van der Waals surface area contributed by atoms with E-state index in [0.29, 0.717) is 11.3 Å². The number of ether oxygens (including phenoxy) is 2. The first-order valence-corrected chi connectivity index (χ1v) is 11.3. The van der Waals surface area contributed by atoms with Crippen LogP contribution in [0, 0.1) is 15.9 Å². The highest BCUT2D eigenvalue weighted by Crippen LogP contribution is 2.35. The van der Waals surface area contributed by atoms with Crippen LogP contribution in [0.1, 0.15) is 11.1 Å². The van der Waals surface area contributed by atoms with Crippen LogP contribution in [0.4, 0.5) is 14.9 Å². The van der Waals surface area contributed by atoms with Crippen LogP contribution < -0.4 is 9.47 Å². The minimum Gasteiger partial charge on any atom is -0.492 e. The summed E-state index contributed by atoms with van der Waals surface area (Å²) in [5.74, 6) is -0.00369. The highest BCUT2D eigenvalue weighted by molar-refractivity contribution is 8.18. The van der Waals surface area contributed by atoms with Gasteiger partial charge in [0.2, 0.25) is 0 Å². The van der Waals surface area contributed by atoms with E-state index in [1.807, 2.05) is 18.2 Å². The van der Waals surface area contributed by atoms with Crippen molar-refractivity contribution in [3.05, 3.63) is 105 Å². The highest BCUT2D eigenvalue weighted by Gasteiger charge is 2.35. The minimum absolute atomic E-state index is 0.0553. The van der Waals surface area contributed by atoms with E-state index >= 15 is 0 Å². The molecular formula is C25H19FN2O6S. The number of halogens is 1. The fourth-order valence-electron chi connectivity index (χ4n) is 3.24. The number of hydrogen-bond donors (Lipinski definition) is 0. The Labute approximate surface area is 204 Å². The first-order valence-electron chi connectivity index (χ1n) is 10.5. The zero-order valence-electron chi connectivity index (χ0n) is 18.3. The molecular weight excluding hydrogens is 475 g/mol. The molecule has 3 aromatic rings. The van der Waals surface area contributed by atoms with Crippen molar-refractivity contribution in [2.24, 2.45) is 0 Å². The van der Waals surface area contributed by atoms with Crippen molar-refractivity contribution in [2.75, 3.05) is 13.2 Å². The van der Waals surface area contributed by atoms with Crippen LogP contribution >= 0.6 is 11.8 Å². The molecule has 0 bridgehead atoms. The molecule has 1 aliphatic rings. The fourth-order valence-corrected chi connectivity index (χ4v) is 4.10. The third kappa shape index (κ3) is 6.04. The van der Waals surface area contributed by atoms with E-state index in [-0.39, 0.29) is 47.5 Å². The smallest absolute Gasteiger partial charge is 0.293 e. The number of carbonyl (C=O) groups excluding carboxylic acids is 2. The van der Waals surface area contributed by atoms with Crippen LogP contribution in [0.25, 0.3) is 6.08 Å². The second-order valence-corrected chi connectivity index (χ2v) is 8.38. The van der Waals surface area contributed by atoms with Gasteiger partial charge in [-0.2, -0.15) is 0 Å². The van der Waals surface area contributed by atoms with E-state index in [1.165, 1.54) is 36.4 Å². The van der Waals surface area contributed by atoms with Crippen molar-refractivity contribution in [2.45, 2.75) is 6.61 Å². The van der Waals surface area contributed by atoms with Crippen molar-refractivity contribution in [3.63, 3.8) is 0 Å². The Morgan fingerprint density at radius 2 is 1.74 bits per heavy atom. The topological polar surface area (TPSA) is 99.0 Å². The molecule has 4 rings (SSSR count). The Kier molecular flexibility index (Phi) is 7.41. The predicted molar refractivity (Wildman–Crippen MR) is 128 cm³/mol. The lowest BCUT2D eigenvalue weighted by molar-refractivity contribution is -0.384. The van der Waals surface area contributed by atoms with Crippen molar-refractivity contribution in [3.8, 4) is 11.5 Å². The molecule has 1 heterocycles. The normalized spacial score (nSPS) is 14.4. The molecule has 0 atom stereocenters. The lowest BCUT2D eigenvalue weighted by atomic mass is 10.1. The van der Waals surface area contributed by atoms with E-state index in [1.54, 1.807) is 24.3 Å². The monoisotopic (exact) mass is 494 g/mol. The van der Waals surface area contributed by atoms with Crippen LogP contribution in [0.3, 0.4) is 0 Å². The van der Waals surface area contributed by atoms with Gasteiger partial charge >= 0.3 is 0 Å². The number of nitro benzene ring substituents is 1. The summed E-state index contributed by atoms with van der Waals surface area (Å²) in [6.45, 7) is 0.259. The van der Waals surface area contributed by atoms with Gasteiger partial charge in [-0.05, 0) is 53.7 Å². The number of carbonyl (C=O) groups is 2. The number of non-ortho nitro benzene ring substituents is 1. The SMILES string of the molecule is O=C1S/C(=C\c2cc([N+](=O)[O-])ccc2OCc2ccc(F)cc2)C(=O)N1CCOc1ccccc1. The van der Waals surface area contributed by atoms with Gasteiger partial charge in [0.05, 0.1) is 16.4 Å². The van der Waals surface area contributed by atoms with Gasteiger partial charge in [-0.25, -0.2) is 4.39 Å². The first-order chi connectivity index (χ1) is 16.9. The van der Waals surface area contributed by atoms with Gasteiger partial charge in [-0.15, -0.1) is 0 Å². The molecule has 1 aliphatic heterocycles. The second-order valence-electron chi connectivity index (χ2n) is 7.39. The summed E-state index contributed by atoms with van der Waals surface area (Å²) in [6.07, 6.45) is 1.40. The number of rotatable bonds is 9. The van der Waals surface area contributed by atoms with Crippen LogP contribution in [0.15, 0.2) is 77.7 Å². The quantitative estimate of drug-likeness (QED) is 0.222. The summed E-state index contributed by atoms with van der Waals surface area (Å²) >= 11 is 0.738. The largest absolute Gasteiger partial charge is 0.492 e. The van der Waals surface area contributed by atoms with Gasteiger partial charge < -0.3 is 9.47 Å². The van der Waals surface area contributed by atoms with E-state index in [0.717, 1.165) is 16.7 Å². The van der Waals surface area contributed by atoms with Crippen LogP contribution in [-0.4, -0.2) is 34.1 Å². The maximum atomic E-state index is 13.1. The van der Waals surface area contributed by atoms with Gasteiger partial charge in [-0.3, -0.25) is 24.6 Å². The number of nitro groups is 1. The summed E-state index contributed by atoms with van der Waals surface area (Å²) in [5, 5.41) is 10.8. The molecule has 2 amide bonds. The Hall–Kier alpha value is -4.18. The standard InChI is InChI=1S/C25H19FN2O6S/c26-19-8-6-17(7-9-19)16-34-22-11-10-20(28(31)32)14-18(22)15-23-24(29)27(25(30)35-23)12-13-33-21-4-2-1-3-5-21/h1-11,14-15H,12-13,16H2/b23-15-. The van der Waals surface area contributed by atoms with Crippen molar-refractivity contribution in [1.29, 1.82) is 0 Å². The summed E-state index contributed by atoms with van der Waals surface area (Å²) in [4.78, 5) is 37.2. The van der Waals surface area contributed by atoms with Crippen LogP contribution in [0.5, 0.6) is 11.5 Å². The molecule has 0 aromatic heterocycles. The van der Waals surface area contributed by atoms with Gasteiger partial charge in [0, 0.05) is 17.7 Å². The molecule has 0 N–H and O–H groups in total. The van der Waals surface area contributed by atoms with E-state index in [2.05, 4.69) is 0 Å². The molecule has 0 spiro atoms. The van der Waals surface area contributed by atoms with Crippen LogP contribution in [-0.2, 0) is 11.4 Å². The predicted octanol–water partition coefficient (Wildman–Crippen LogP) is 5.43. The highest BCUT2D eigenvalue weighted by atomic mass is 32.2. The van der Waals surface area contributed by atoms with Crippen LogP contribution in [0.2, 0.25) is 0 Å². The number of nitrogens with zero attached hydrogens (tertiary/aromatic N) is 2. The fraction of sp³-hybridized carbons (Fsp3) is 0.120. The van der Waals surface area contributed by atoms with Crippen molar-refractivity contribution < 1.29 is 28.4 Å². The zero-order chi connectivity index (χ0) is 24.8. The van der Waals surface area contributed by atoms with Crippen molar-refractivity contribution in [1.82, 2.24) is 4.90 Å². The average Bonchev–Trinajstić information content (AvgIpc) is 3.12. The second kappa shape index (κ2) is 10.8. The Bertz CT molecular complexity index is 1280. The molecule has 0 radical (unpaired) electrons. The van der Waals surface area contributed by atoms with Gasteiger partial charge in [-0.1, -0.05) is 30.3 Å². The average molecular weight is 495 g/mol. The van der Waals surface area contributed by atoms with E-state index in [9.17, 15) is 24.1 Å². The zero-order valence-corrected chi connectivity index (χ0v) is 19.1. The molecule has 0 unspecified atom stereocenters. The Morgan fingerprint density at radius 1 is 1.00 bits per heavy atom. The summed E-state index contributed by atoms with van der Waals surface area (Å²) in [7, 11) is 0. The van der Waals surface area contributed by atoms with Gasteiger partial charge in [0.15, 0.2) is 0 Å². The maximum absolute atomic E-state index is 13.1. The third-order valence-electron chi connectivity index (χ3n) is 5.00. The minimum atomic E-state index is -0.562. The molecule has 1 fully saturated rings. The number of imide groups is 1. The first kappa shape index (κ1) is 24.0. The number of benzene rings is 3. The van der Waals surface area contributed by atoms with Gasteiger partial charge in [0.25, 0.3) is 16.8 Å². The van der Waals surface area contributed by atoms with E-state index < -0.39 is 16.1 Å². The lowest BCUT2D eigenvalue weighted by Crippen LogP contribution is -2.32. The molecule has 10 heteroatoms. The summed E-state index contributed by atoms with van der Waals surface area (Å²) in [5.41, 5.74) is 0.766. The number of para-hydroxylation sites is 1. The third-order valence-corrected chi connectivity index (χ3v) is 5.91. The lowest BCUT2D eigenvalue weighted by Gasteiger charge is -2.13. The summed E-state index contributed by atoms with van der Waals surface area (Å²) < 4.78 is 24.5. The number of amides is 2. The maximum Gasteiger partial charge on any atom is 0.293 e. The molecule has 0 aliphatic carbocycles. The number of hydrogen-bond acceptors (Lipinski definition) is 7. The van der Waals surface area contributed by atoms with Crippen molar-refractivity contribution >= 4 is 34.7 Å². The Morgan fingerprint density at radius 3 is 2.46 bits per heavy atom. The molecule has 3 aromatic carbocycles. The molecule has 0 saturated carbocycles. The molecule has 1 saturated heterocycles. The summed E-state index contributed by atoms with van der Waals surface area (Å²) in [6, 6.07) is 18.7. The molecule has 35 heavy (non-hydrogen) atoms. The number of thioether (sulfide) groups is 1. The molecule has 178 valence electrons. The molecule has 8 nitrogen and oxygen atoms in total. The van der Waals surface area contributed by atoms with E-state index in [4.69, 9.17) is 9.47 Å². The Balaban J connectivity index is 1.50.